The number of anilines is 1. The van der Waals surface area contributed by atoms with Gasteiger partial charge in [-0.05, 0) is 44.2 Å². The summed E-state index contributed by atoms with van der Waals surface area (Å²) in [5, 5.41) is 2.87. The van der Waals surface area contributed by atoms with Gasteiger partial charge < -0.3 is 10.2 Å². The number of amides is 2. The Morgan fingerprint density at radius 3 is 2.20 bits per heavy atom. The van der Waals surface area contributed by atoms with Crippen molar-refractivity contribution >= 4 is 32.8 Å². The SMILES string of the molecule is Cc1nc2ccc(NC(=O)N3CCN(S(=O)(=O)c4ccccc4)CC3)cc2nc1C. The van der Waals surface area contributed by atoms with Crippen LogP contribution in [0.3, 0.4) is 0 Å². The zero-order valence-electron chi connectivity index (χ0n) is 16.9. The van der Waals surface area contributed by atoms with Gasteiger partial charge in [0.15, 0.2) is 0 Å². The molecule has 2 amide bonds. The Hall–Kier alpha value is -3.04. The van der Waals surface area contributed by atoms with Gasteiger partial charge >= 0.3 is 6.03 Å². The minimum atomic E-state index is -3.54. The zero-order valence-corrected chi connectivity index (χ0v) is 17.7. The summed E-state index contributed by atoms with van der Waals surface area (Å²) in [6.07, 6.45) is 0. The van der Waals surface area contributed by atoms with Crippen LogP contribution in [0.4, 0.5) is 10.5 Å². The van der Waals surface area contributed by atoms with Gasteiger partial charge in [-0.1, -0.05) is 18.2 Å². The molecular formula is C21H23N5O3S. The molecule has 0 radical (unpaired) electrons. The molecule has 9 heteroatoms. The van der Waals surface area contributed by atoms with E-state index in [-0.39, 0.29) is 24.0 Å². The number of fused-ring (bicyclic) bond motifs is 1. The molecule has 1 fully saturated rings. The molecule has 4 rings (SSSR count). The van der Waals surface area contributed by atoms with Crippen molar-refractivity contribution in [3.8, 4) is 0 Å². The van der Waals surface area contributed by atoms with Gasteiger partial charge in [0.25, 0.3) is 0 Å². The lowest BCUT2D eigenvalue weighted by Crippen LogP contribution is -2.51. The first-order chi connectivity index (χ1) is 14.3. The van der Waals surface area contributed by atoms with Gasteiger partial charge in [-0.2, -0.15) is 4.31 Å². The highest BCUT2D eigenvalue weighted by atomic mass is 32.2. The van der Waals surface area contributed by atoms with E-state index >= 15 is 0 Å². The average molecular weight is 426 g/mol. The number of benzene rings is 2. The summed E-state index contributed by atoms with van der Waals surface area (Å²) in [4.78, 5) is 23.6. The first-order valence-electron chi connectivity index (χ1n) is 9.71. The highest BCUT2D eigenvalue weighted by molar-refractivity contribution is 7.89. The number of nitrogens with zero attached hydrogens (tertiary/aromatic N) is 4. The first kappa shape index (κ1) is 20.2. The molecule has 1 N–H and O–H groups in total. The van der Waals surface area contributed by atoms with Crippen LogP contribution >= 0.6 is 0 Å². The van der Waals surface area contributed by atoms with E-state index in [9.17, 15) is 13.2 Å². The third-order valence-corrected chi connectivity index (χ3v) is 7.15. The van der Waals surface area contributed by atoms with Crippen LogP contribution in [-0.4, -0.2) is 59.8 Å². The number of hydrogen-bond donors (Lipinski definition) is 1. The largest absolute Gasteiger partial charge is 0.322 e. The number of aryl methyl sites for hydroxylation is 2. The van der Waals surface area contributed by atoms with Gasteiger partial charge in [-0.15, -0.1) is 0 Å². The number of hydrogen-bond acceptors (Lipinski definition) is 5. The summed E-state index contributed by atoms with van der Waals surface area (Å²) in [6.45, 7) is 4.97. The second kappa shape index (κ2) is 8.00. The van der Waals surface area contributed by atoms with E-state index in [4.69, 9.17) is 0 Å². The molecule has 0 bridgehead atoms. The van der Waals surface area contributed by atoms with Crippen molar-refractivity contribution in [3.05, 3.63) is 59.9 Å². The normalized spacial score (nSPS) is 15.3. The van der Waals surface area contributed by atoms with Crippen LogP contribution in [0, 0.1) is 13.8 Å². The fourth-order valence-corrected chi connectivity index (χ4v) is 4.83. The van der Waals surface area contributed by atoms with Gasteiger partial charge in [0.2, 0.25) is 10.0 Å². The molecule has 2 aromatic carbocycles. The van der Waals surface area contributed by atoms with Crippen LogP contribution in [0.25, 0.3) is 11.0 Å². The molecule has 0 unspecified atom stereocenters. The third-order valence-electron chi connectivity index (χ3n) is 5.23. The van der Waals surface area contributed by atoms with Crippen LogP contribution in [0.2, 0.25) is 0 Å². The Bertz CT molecular complexity index is 1190. The maximum absolute atomic E-state index is 12.7. The lowest BCUT2D eigenvalue weighted by atomic mass is 10.2. The Morgan fingerprint density at radius 2 is 1.53 bits per heavy atom. The Kier molecular flexibility index (Phi) is 5.40. The molecule has 2 heterocycles. The monoisotopic (exact) mass is 425 g/mol. The molecule has 0 aliphatic carbocycles. The second-order valence-electron chi connectivity index (χ2n) is 7.23. The van der Waals surface area contributed by atoms with Crippen molar-refractivity contribution in [1.82, 2.24) is 19.2 Å². The van der Waals surface area contributed by atoms with E-state index in [1.54, 1.807) is 47.4 Å². The predicted molar refractivity (Wildman–Crippen MR) is 115 cm³/mol. The number of piperazine rings is 1. The molecule has 8 nitrogen and oxygen atoms in total. The molecule has 1 saturated heterocycles. The summed E-state index contributed by atoms with van der Waals surface area (Å²) in [5.41, 5.74) is 3.85. The highest BCUT2D eigenvalue weighted by Gasteiger charge is 2.30. The summed E-state index contributed by atoms with van der Waals surface area (Å²) in [7, 11) is -3.54. The number of aromatic nitrogens is 2. The fraction of sp³-hybridized carbons (Fsp3) is 0.286. The average Bonchev–Trinajstić information content (AvgIpc) is 2.75. The van der Waals surface area contributed by atoms with Crippen LogP contribution < -0.4 is 5.32 Å². The maximum atomic E-state index is 12.7. The van der Waals surface area contributed by atoms with Gasteiger partial charge in [0, 0.05) is 31.9 Å². The Balaban J connectivity index is 1.41. The third kappa shape index (κ3) is 3.99. The molecule has 1 aliphatic heterocycles. The molecule has 1 aromatic heterocycles. The molecule has 3 aromatic rings. The summed E-state index contributed by atoms with van der Waals surface area (Å²) < 4.78 is 26.9. The number of sulfonamides is 1. The van der Waals surface area contributed by atoms with E-state index in [1.807, 2.05) is 19.9 Å². The van der Waals surface area contributed by atoms with Crippen molar-refractivity contribution in [3.63, 3.8) is 0 Å². The van der Waals surface area contributed by atoms with E-state index in [2.05, 4.69) is 15.3 Å². The molecule has 0 spiro atoms. The maximum Gasteiger partial charge on any atom is 0.321 e. The summed E-state index contributed by atoms with van der Waals surface area (Å²) in [5.74, 6) is 0. The lowest BCUT2D eigenvalue weighted by Gasteiger charge is -2.34. The Labute approximate surface area is 175 Å². The first-order valence-corrected chi connectivity index (χ1v) is 11.1. The predicted octanol–water partition coefficient (Wildman–Crippen LogP) is 2.79. The number of carbonyl (C=O) groups excluding carboxylic acids is 1. The summed E-state index contributed by atoms with van der Waals surface area (Å²) in [6, 6.07) is 13.5. The quantitative estimate of drug-likeness (QED) is 0.696. The molecule has 156 valence electrons. The van der Waals surface area contributed by atoms with Crippen LogP contribution in [-0.2, 0) is 10.0 Å². The van der Waals surface area contributed by atoms with E-state index in [0.717, 1.165) is 22.4 Å². The van der Waals surface area contributed by atoms with Crippen molar-refractivity contribution < 1.29 is 13.2 Å². The van der Waals surface area contributed by atoms with E-state index < -0.39 is 10.0 Å². The Morgan fingerprint density at radius 1 is 0.900 bits per heavy atom. The number of urea groups is 1. The zero-order chi connectivity index (χ0) is 21.3. The minimum Gasteiger partial charge on any atom is -0.322 e. The van der Waals surface area contributed by atoms with Crippen LogP contribution in [0.5, 0.6) is 0 Å². The van der Waals surface area contributed by atoms with Gasteiger partial charge in [-0.25, -0.2) is 23.2 Å². The number of carbonyl (C=O) groups is 1. The van der Waals surface area contributed by atoms with Gasteiger partial charge in [0.1, 0.15) is 0 Å². The molecule has 30 heavy (non-hydrogen) atoms. The molecular weight excluding hydrogens is 402 g/mol. The van der Waals surface area contributed by atoms with Crippen molar-refractivity contribution in [2.45, 2.75) is 18.7 Å². The number of rotatable bonds is 3. The van der Waals surface area contributed by atoms with Crippen molar-refractivity contribution in [2.75, 3.05) is 31.5 Å². The molecule has 1 aliphatic rings. The summed E-state index contributed by atoms with van der Waals surface area (Å²) >= 11 is 0. The fourth-order valence-electron chi connectivity index (χ4n) is 3.38. The van der Waals surface area contributed by atoms with Gasteiger partial charge in [0.05, 0.1) is 27.3 Å². The minimum absolute atomic E-state index is 0.256. The van der Waals surface area contributed by atoms with E-state index in [1.165, 1.54) is 4.31 Å². The number of nitrogens with one attached hydrogen (secondary N) is 1. The second-order valence-corrected chi connectivity index (χ2v) is 9.17. The standard InChI is InChI=1S/C21H23N5O3S/c1-15-16(2)23-20-14-17(8-9-19(20)22-15)24-21(27)25-10-12-26(13-11-25)30(28,29)18-6-4-3-5-7-18/h3-9,14H,10-13H2,1-2H3,(H,24,27). The van der Waals surface area contributed by atoms with Crippen LogP contribution in [0.15, 0.2) is 53.4 Å². The highest BCUT2D eigenvalue weighted by Crippen LogP contribution is 2.20. The molecule has 0 atom stereocenters. The molecule has 0 saturated carbocycles. The van der Waals surface area contributed by atoms with Crippen LogP contribution in [0.1, 0.15) is 11.4 Å². The van der Waals surface area contributed by atoms with Crippen molar-refractivity contribution in [2.24, 2.45) is 0 Å². The van der Waals surface area contributed by atoms with Crippen molar-refractivity contribution in [1.29, 1.82) is 0 Å². The topological polar surface area (TPSA) is 95.5 Å². The van der Waals surface area contributed by atoms with E-state index in [0.29, 0.717) is 18.8 Å². The van der Waals surface area contributed by atoms with Gasteiger partial charge in [-0.3, -0.25) is 0 Å². The smallest absolute Gasteiger partial charge is 0.321 e. The lowest BCUT2D eigenvalue weighted by molar-refractivity contribution is 0.184.